The van der Waals surface area contributed by atoms with Crippen LogP contribution in [0.3, 0.4) is 0 Å². The monoisotopic (exact) mass is 251 g/mol. The van der Waals surface area contributed by atoms with Crippen molar-refractivity contribution in [2.45, 2.75) is 6.92 Å². The molecule has 0 fully saturated rings. The van der Waals surface area contributed by atoms with Crippen LogP contribution in [-0.2, 0) is 0 Å². The zero-order valence-electron chi connectivity index (χ0n) is 8.47. The molecule has 0 atom stereocenters. The van der Waals surface area contributed by atoms with Crippen LogP contribution in [0.25, 0.3) is 0 Å². The smallest absolute Gasteiger partial charge is 0.207 e. The Labute approximate surface area is 102 Å². The van der Waals surface area contributed by atoms with Gasteiger partial charge in [0.05, 0.1) is 5.69 Å². The molecule has 0 unspecified atom stereocenters. The Balaban J connectivity index is 2.21. The molecule has 0 aliphatic heterocycles. The van der Waals surface area contributed by atoms with Gasteiger partial charge < -0.3 is 11.1 Å². The third-order valence-electron chi connectivity index (χ3n) is 1.79. The van der Waals surface area contributed by atoms with Crippen molar-refractivity contribution in [2.24, 2.45) is 5.73 Å². The van der Waals surface area contributed by atoms with Gasteiger partial charge >= 0.3 is 0 Å². The van der Waals surface area contributed by atoms with E-state index < -0.39 is 0 Å². The highest BCUT2D eigenvalue weighted by Crippen LogP contribution is 2.18. The summed E-state index contributed by atoms with van der Waals surface area (Å²) in [5.74, 6) is 0.746. The van der Waals surface area contributed by atoms with E-state index in [1.54, 1.807) is 12.3 Å². The van der Waals surface area contributed by atoms with Crippen molar-refractivity contribution >= 4 is 39.6 Å². The molecule has 5 nitrogen and oxygen atoms in total. The molecule has 0 saturated heterocycles. The minimum atomic E-state index is 0.275. The lowest BCUT2D eigenvalue weighted by Crippen LogP contribution is -2.11. The van der Waals surface area contributed by atoms with Gasteiger partial charge in [-0.3, -0.25) is 4.98 Å². The number of anilines is 2. The topological polar surface area (TPSA) is 76.7 Å². The summed E-state index contributed by atoms with van der Waals surface area (Å²) in [5.41, 5.74) is 6.92. The van der Waals surface area contributed by atoms with Crippen LogP contribution >= 0.6 is 23.8 Å². The maximum Gasteiger partial charge on any atom is 0.207 e. The lowest BCUT2D eigenvalue weighted by atomic mass is 10.3. The number of rotatable bonds is 3. The molecule has 3 N–H and O–H groups in total. The van der Waals surface area contributed by atoms with Gasteiger partial charge in [0.2, 0.25) is 5.13 Å². The van der Waals surface area contributed by atoms with Crippen LogP contribution < -0.4 is 11.1 Å². The Morgan fingerprint density at radius 3 is 3.00 bits per heavy atom. The average molecular weight is 251 g/mol. The van der Waals surface area contributed by atoms with Crippen LogP contribution in [0.2, 0.25) is 0 Å². The van der Waals surface area contributed by atoms with Crippen molar-refractivity contribution in [3.8, 4) is 0 Å². The van der Waals surface area contributed by atoms with Gasteiger partial charge in [0, 0.05) is 23.4 Å². The predicted molar refractivity (Wildman–Crippen MR) is 68.1 cm³/mol. The minimum absolute atomic E-state index is 0.275. The number of aromatic nitrogens is 3. The van der Waals surface area contributed by atoms with Gasteiger partial charge in [0.15, 0.2) is 0 Å². The first-order chi connectivity index (χ1) is 7.65. The second kappa shape index (κ2) is 4.50. The summed E-state index contributed by atoms with van der Waals surface area (Å²) in [5, 5.41) is 3.84. The van der Waals surface area contributed by atoms with E-state index in [4.69, 9.17) is 18.0 Å². The second-order valence-electron chi connectivity index (χ2n) is 3.07. The molecular formula is C9H9N5S2. The standard InChI is InChI=1S/C9H9N5S2/c1-5-12-9(16-14-5)13-6-2-3-11-7(4-6)8(10)15/h2-4H,1H3,(H2,10,15)(H,11,12,13,14). The highest BCUT2D eigenvalue weighted by Gasteiger charge is 2.03. The molecule has 16 heavy (non-hydrogen) atoms. The van der Waals surface area contributed by atoms with Crippen molar-refractivity contribution in [1.82, 2.24) is 14.3 Å². The molecule has 0 spiro atoms. The van der Waals surface area contributed by atoms with Crippen molar-refractivity contribution in [3.63, 3.8) is 0 Å². The zero-order chi connectivity index (χ0) is 11.5. The molecule has 2 aromatic rings. The zero-order valence-corrected chi connectivity index (χ0v) is 10.1. The maximum absolute atomic E-state index is 5.50. The highest BCUT2D eigenvalue weighted by molar-refractivity contribution is 7.80. The number of aryl methyl sites for hydroxylation is 1. The van der Waals surface area contributed by atoms with Gasteiger partial charge in [-0.05, 0) is 19.1 Å². The van der Waals surface area contributed by atoms with E-state index in [1.807, 2.05) is 13.0 Å². The van der Waals surface area contributed by atoms with Gasteiger partial charge in [-0.15, -0.1) is 0 Å². The number of hydrogen-bond donors (Lipinski definition) is 2. The molecule has 0 amide bonds. The predicted octanol–water partition coefficient (Wildman–Crippen LogP) is 1.62. The van der Waals surface area contributed by atoms with Crippen LogP contribution in [0.5, 0.6) is 0 Å². The molecular weight excluding hydrogens is 242 g/mol. The van der Waals surface area contributed by atoms with Crippen LogP contribution in [-0.4, -0.2) is 19.3 Å². The van der Waals surface area contributed by atoms with Crippen LogP contribution in [0, 0.1) is 6.92 Å². The van der Waals surface area contributed by atoms with Crippen LogP contribution in [0.15, 0.2) is 18.3 Å². The molecule has 0 saturated carbocycles. The maximum atomic E-state index is 5.50. The molecule has 0 radical (unpaired) electrons. The van der Waals surface area contributed by atoms with Crippen molar-refractivity contribution in [3.05, 3.63) is 29.8 Å². The summed E-state index contributed by atoms with van der Waals surface area (Å²) in [7, 11) is 0. The number of nitrogens with one attached hydrogen (secondary N) is 1. The first-order valence-corrected chi connectivity index (χ1v) is 5.66. The fraction of sp³-hybridized carbons (Fsp3) is 0.111. The number of nitrogens with two attached hydrogens (primary N) is 1. The summed E-state index contributed by atoms with van der Waals surface area (Å²) < 4.78 is 4.07. The summed E-state index contributed by atoms with van der Waals surface area (Å²) in [6, 6.07) is 3.59. The molecule has 2 rings (SSSR count). The largest absolute Gasteiger partial charge is 0.388 e. The molecule has 2 heterocycles. The summed E-state index contributed by atoms with van der Waals surface area (Å²) in [6.45, 7) is 1.84. The van der Waals surface area contributed by atoms with Gasteiger partial charge in [-0.2, -0.15) is 4.37 Å². The number of nitrogens with zero attached hydrogens (tertiary/aromatic N) is 3. The van der Waals surface area contributed by atoms with Crippen molar-refractivity contribution in [2.75, 3.05) is 5.32 Å². The Morgan fingerprint density at radius 1 is 1.56 bits per heavy atom. The third-order valence-corrected chi connectivity index (χ3v) is 2.72. The van der Waals surface area contributed by atoms with Gasteiger partial charge in [-0.1, -0.05) is 12.2 Å². The molecule has 82 valence electrons. The highest BCUT2D eigenvalue weighted by atomic mass is 32.1. The first kappa shape index (κ1) is 10.9. The molecule has 0 aromatic carbocycles. The Bertz CT molecular complexity index is 522. The van der Waals surface area contributed by atoms with Crippen LogP contribution in [0.4, 0.5) is 10.8 Å². The number of hydrogen-bond acceptors (Lipinski definition) is 6. The lowest BCUT2D eigenvalue weighted by molar-refractivity contribution is 1.16. The summed E-state index contributed by atoms with van der Waals surface area (Å²) in [6.07, 6.45) is 1.64. The fourth-order valence-electron chi connectivity index (χ4n) is 1.11. The van der Waals surface area contributed by atoms with E-state index in [0.29, 0.717) is 5.69 Å². The Kier molecular flexibility index (Phi) is 3.07. The number of thiocarbonyl (C=S) groups is 1. The van der Waals surface area contributed by atoms with E-state index in [1.165, 1.54) is 11.5 Å². The Morgan fingerprint density at radius 2 is 2.38 bits per heavy atom. The van der Waals surface area contributed by atoms with Gasteiger partial charge in [0.1, 0.15) is 10.8 Å². The average Bonchev–Trinajstić information content (AvgIpc) is 2.64. The molecule has 0 aliphatic carbocycles. The van der Waals surface area contributed by atoms with E-state index in [9.17, 15) is 0 Å². The normalized spacial score (nSPS) is 10.1. The minimum Gasteiger partial charge on any atom is -0.388 e. The molecule has 0 bridgehead atoms. The van der Waals surface area contributed by atoms with Crippen LogP contribution in [0.1, 0.15) is 11.5 Å². The van der Waals surface area contributed by atoms with E-state index in [0.717, 1.165) is 16.6 Å². The number of pyridine rings is 1. The molecule has 2 aromatic heterocycles. The second-order valence-corrected chi connectivity index (χ2v) is 4.26. The quantitative estimate of drug-likeness (QED) is 0.807. The van der Waals surface area contributed by atoms with Gasteiger partial charge in [0.25, 0.3) is 0 Å². The lowest BCUT2D eigenvalue weighted by Gasteiger charge is -2.03. The first-order valence-electron chi connectivity index (χ1n) is 4.48. The van der Waals surface area contributed by atoms with E-state index in [2.05, 4.69) is 19.7 Å². The van der Waals surface area contributed by atoms with Gasteiger partial charge in [-0.25, -0.2) is 4.98 Å². The summed E-state index contributed by atoms with van der Waals surface area (Å²) in [4.78, 5) is 8.51. The van der Waals surface area contributed by atoms with Crippen molar-refractivity contribution in [1.29, 1.82) is 0 Å². The Hall–Kier alpha value is -1.60. The van der Waals surface area contributed by atoms with Crippen molar-refractivity contribution < 1.29 is 0 Å². The molecule has 7 heteroatoms. The SMILES string of the molecule is Cc1nsc(Nc2ccnc(C(N)=S)c2)n1. The summed E-state index contributed by atoms with van der Waals surface area (Å²) >= 11 is 6.15. The third kappa shape index (κ3) is 2.50. The van der Waals surface area contributed by atoms with E-state index >= 15 is 0 Å². The fourth-order valence-corrected chi connectivity index (χ4v) is 1.82. The molecule has 0 aliphatic rings. The van der Waals surface area contributed by atoms with E-state index in [-0.39, 0.29) is 4.99 Å².